The van der Waals surface area contributed by atoms with Crippen LogP contribution in [0.2, 0.25) is 0 Å². The quantitative estimate of drug-likeness (QED) is 0.0655. The zero-order chi connectivity index (χ0) is 32.6. The third-order valence-corrected chi connectivity index (χ3v) is 11.1. The molecular formula is C35H59N3O7. The van der Waals surface area contributed by atoms with Gasteiger partial charge in [0, 0.05) is 37.3 Å². The number of hydrogen-bond acceptors (Lipinski definition) is 10. The Morgan fingerprint density at radius 2 is 1.84 bits per heavy atom. The van der Waals surface area contributed by atoms with E-state index in [1.807, 2.05) is 13.8 Å². The van der Waals surface area contributed by atoms with Gasteiger partial charge in [-0.3, -0.25) is 9.59 Å². The van der Waals surface area contributed by atoms with E-state index >= 15 is 0 Å². The van der Waals surface area contributed by atoms with E-state index < -0.39 is 35.1 Å². The highest BCUT2D eigenvalue weighted by molar-refractivity contribution is 6.23. The average molecular weight is 634 g/mol. The van der Waals surface area contributed by atoms with Crippen molar-refractivity contribution in [3.63, 3.8) is 0 Å². The zero-order valence-electron chi connectivity index (χ0n) is 27.9. The number of fused-ring (bicyclic) bond motifs is 2. The number of aliphatic hydroxyl groups is 2. The van der Waals surface area contributed by atoms with E-state index in [-0.39, 0.29) is 43.3 Å². The molecule has 4 rings (SSSR count). The Hall–Kier alpha value is -1.69. The highest BCUT2D eigenvalue weighted by Gasteiger charge is 2.87. The van der Waals surface area contributed by atoms with E-state index in [1.54, 1.807) is 0 Å². The number of rotatable bonds is 18. The number of epoxide rings is 1. The lowest BCUT2D eigenvalue weighted by molar-refractivity contribution is -0.165. The minimum atomic E-state index is -1.98. The van der Waals surface area contributed by atoms with E-state index in [9.17, 15) is 24.6 Å². The number of unbranched alkanes of at least 4 members (excludes halogenated alkanes) is 1. The first-order valence-corrected chi connectivity index (χ1v) is 17.8. The maximum atomic E-state index is 14.3. The van der Waals surface area contributed by atoms with Crippen molar-refractivity contribution in [2.45, 2.75) is 134 Å². The first-order chi connectivity index (χ1) is 21.7. The minimum Gasteiger partial charge on any atom is -0.459 e. The summed E-state index contributed by atoms with van der Waals surface area (Å²) in [7, 11) is 0. The fourth-order valence-corrected chi connectivity index (χ4v) is 8.24. The monoisotopic (exact) mass is 633 g/mol. The topological polar surface area (TPSA) is 164 Å². The molecule has 0 radical (unpaired) electrons. The molecule has 2 saturated carbocycles. The molecular weight excluding hydrogens is 574 g/mol. The van der Waals surface area contributed by atoms with Gasteiger partial charge in [-0.2, -0.15) is 0 Å². The number of hydrogen-bond donors (Lipinski definition) is 5. The summed E-state index contributed by atoms with van der Waals surface area (Å²) in [6.07, 6.45) is 9.66. The van der Waals surface area contributed by atoms with Crippen molar-refractivity contribution in [3.05, 3.63) is 11.1 Å². The van der Waals surface area contributed by atoms with Crippen LogP contribution in [0.25, 0.3) is 0 Å². The summed E-state index contributed by atoms with van der Waals surface area (Å²) in [5, 5.41) is 26.8. The van der Waals surface area contributed by atoms with Gasteiger partial charge in [-0.25, -0.2) is 4.79 Å². The van der Waals surface area contributed by atoms with Crippen LogP contribution < -0.4 is 16.4 Å². The van der Waals surface area contributed by atoms with E-state index in [0.29, 0.717) is 43.7 Å². The lowest BCUT2D eigenvalue weighted by atomic mass is 9.60. The number of Topliss-reactive ketones (excluding diaryl/α,β-unsaturated/α-hetero) is 2. The number of aliphatic hydroxyl groups excluding tert-OH is 2. The Morgan fingerprint density at radius 1 is 1.11 bits per heavy atom. The lowest BCUT2D eigenvalue weighted by Crippen LogP contribution is -2.59. The Labute approximate surface area is 269 Å². The fourth-order valence-electron chi connectivity index (χ4n) is 8.24. The highest BCUT2D eigenvalue weighted by atomic mass is 16.7. The van der Waals surface area contributed by atoms with E-state index in [4.69, 9.17) is 15.2 Å². The Morgan fingerprint density at radius 3 is 2.49 bits per heavy atom. The molecule has 0 aromatic carbocycles. The number of carbonyl (C=O) groups excluding carboxylic acids is 3. The molecule has 4 aliphatic rings. The minimum absolute atomic E-state index is 0.0000203. The van der Waals surface area contributed by atoms with E-state index in [1.165, 1.54) is 0 Å². The van der Waals surface area contributed by atoms with E-state index in [0.717, 1.165) is 76.5 Å². The van der Waals surface area contributed by atoms with Crippen LogP contribution in [-0.4, -0.2) is 84.1 Å². The molecule has 0 amide bonds. The fraction of sp³-hybridized carbons (Fsp3) is 0.857. The number of esters is 1. The van der Waals surface area contributed by atoms with Crippen molar-refractivity contribution < 1.29 is 34.1 Å². The lowest BCUT2D eigenvalue weighted by Gasteiger charge is -2.38. The number of ether oxygens (including phenoxy) is 2. The van der Waals surface area contributed by atoms with Gasteiger partial charge in [-0.15, -0.1) is 0 Å². The summed E-state index contributed by atoms with van der Waals surface area (Å²) in [5.74, 6) is -1.83. The first-order valence-electron chi connectivity index (χ1n) is 17.8. The molecule has 6 N–H and O–H groups in total. The maximum absolute atomic E-state index is 14.3. The van der Waals surface area contributed by atoms with Crippen LogP contribution in [0.5, 0.6) is 0 Å². The van der Waals surface area contributed by atoms with Crippen LogP contribution in [0.3, 0.4) is 0 Å². The van der Waals surface area contributed by atoms with Crippen LogP contribution >= 0.6 is 0 Å². The summed E-state index contributed by atoms with van der Waals surface area (Å²) >= 11 is 0. The third-order valence-electron chi connectivity index (χ3n) is 11.1. The highest BCUT2D eigenvalue weighted by Crippen LogP contribution is 2.62. The summed E-state index contributed by atoms with van der Waals surface area (Å²) in [6, 6.07) is 0. The molecule has 2 aliphatic carbocycles. The van der Waals surface area contributed by atoms with Gasteiger partial charge in [0.2, 0.25) is 0 Å². The number of carbonyl (C=O) groups is 3. The second-order valence-electron chi connectivity index (χ2n) is 14.1. The Kier molecular flexibility index (Phi) is 13.2. The number of ketones is 2. The van der Waals surface area contributed by atoms with Gasteiger partial charge < -0.3 is 36.1 Å². The molecule has 2 saturated heterocycles. The smallest absolute Gasteiger partial charge is 0.350 e. The van der Waals surface area contributed by atoms with Gasteiger partial charge in [-0.1, -0.05) is 45.1 Å². The molecule has 4 fully saturated rings. The number of nitrogens with two attached hydrogens (primary N) is 1. The molecule has 10 nitrogen and oxygen atoms in total. The van der Waals surface area contributed by atoms with E-state index in [2.05, 4.69) is 17.6 Å². The largest absolute Gasteiger partial charge is 0.459 e. The molecule has 10 heteroatoms. The van der Waals surface area contributed by atoms with Gasteiger partial charge in [0.15, 0.2) is 17.2 Å². The summed E-state index contributed by atoms with van der Waals surface area (Å²) < 4.78 is 12.5. The molecule has 2 heterocycles. The second kappa shape index (κ2) is 16.4. The number of nitrogens with one attached hydrogen (secondary N) is 2. The van der Waals surface area contributed by atoms with Crippen LogP contribution in [0, 0.1) is 23.7 Å². The second-order valence-corrected chi connectivity index (χ2v) is 14.1. The molecule has 0 aromatic rings. The number of piperidine rings is 1. The molecule has 0 bridgehead atoms. The van der Waals surface area contributed by atoms with Gasteiger partial charge in [0.1, 0.15) is 6.10 Å². The predicted octanol–water partition coefficient (Wildman–Crippen LogP) is 3.32. The summed E-state index contributed by atoms with van der Waals surface area (Å²) in [4.78, 5) is 42.9. The number of allylic oxidation sites excluding steroid dienone is 1. The molecule has 2 aliphatic heterocycles. The maximum Gasteiger partial charge on any atom is 0.350 e. The predicted molar refractivity (Wildman–Crippen MR) is 172 cm³/mol. The van der Waals surface area contributed by atoms with Crippen molar-refractivity contribution in [2.75, 3.05) is 32.8 Å². The molecule has 0 aromatic heterocycles. The Bertz CT molecular complexity index is 1060. The van der Waals surface area contributed by atoms with Gasteiger partial charge in [-0.05, 0) is 89.3 Å². The SMILES string of the molecule is CCCCC(CNCC)C(CCCO)OC(=O)C12OC1(CC(CO)=C(C)CCC1CCNC(N)C1)C(=O)C1CCCCC1C2=O. The molecule has 0 spiro atoms. The average Bonchev–Trinajstić information content (AvgIpc) is 3.75. The molecule has 8 unspecified atom stereocenters. The summed E-state index contributed by atoms with van der Waals surface area (Å²) in [6.45, 7) is 8.11. The standard InChI is InChI=1S/C35H59N3O7/c1-4-6-10-25(21-37-5-2)29(13-9-18-39)44-33(43)35-32(42)28-12-8-7-11-27(28)31(41)34(35,45-35)20-26(22-40)23(3)14-15-24-16-17-38-30(36)19-24/h24-25,27-30,37-40H,4-22,36H2,1-3H3. The molecule has 256 valence electrons. The van der Waals surface area contributed by atoms with Gasteiger partial charge in [0.05, 0.1) is 12.8 Å². The molecule has 45 heavy (non-hydrogen) atoms. The Balaban J connectivity index is 1.62. The van der Waals surface area contributed by atoms with Crippen molar-refractivity contribution in [1.29, 1.82) is 0 Å². The van der Waals surface area contributed by atoms with Gasteiger partial charge in [0.25, 0.3) is 5.60 Å². The van der Waals surface area contributed by atoms with Crippen LogP contribution in [0.15, 0.2) is 11.1 Å². The summed E-state index contributed by atoms with van der Waals surface area (Å²) in [5.41, 5.74) is 4.11. The van der Waals surface area contributed by atoms with Gasteiger partial charge >= 0.3 is 5.97 Å². The van der Waals surface area contributed by atoms with Crippen molar-refractivity contribution >= 4 is 17.5 Å². The van der Waals surface area contributed by atoms with Crippen molar-refractivity contribution in [1.82, 2.24) is 10.6 Å². The third kappa shape index (κ3) is 7.73. The van der Waals surface area contributed by atoms with Crippen molar-refractivity contribution in [3.8, 4) is 0 Å². The molecule has 8 atom stereocenters. The normalized spacial score (nSPS) is 33.1. The van der Waals surface area contributed by atoms with Crippen LogP contribution in [0.1, 0.15) is 111 Å². The van der Waals surface area contributed by atoms with Crippen molar-refractivity contribution in [2.24, 2.45) is 29.4 Å². The zero-order valence-corrected chi connectivity index (χ0v) is 27.9. The van der Waals surface area contributed by atoms with Crippen LogP contribution in [-0.2, 0) is 23.9 Å². The van der Waals surface area contributed by atoms with Crippen LogP contribution in [0.4, 0.5) is 0 Å². The first kappa shape index (κ1) is 36.2.